The number of methoxy groups -OCH3 is 1. The summed E-state index contributed by atoms with van der Waals surface area (Å²) in [5.41, 5.74) is 0.590. The van der Waals surface area contributed by atoms with Crippen molar-refractivity contribution in [3.8, 4) is 5.75 Å². The van der Waals surface area contributed by atoms with Gasteiger partial charge in [-0.3, -0.25) is 0 Å². The molecule has 0 N–H and O–H groups in total. The molecule has 6 nitrogen and oxygen atoms in total. The first kappa shape index (κ1) is 16.4. The van der Waals surface area contributed by atoms with Crippen LogP contribution < -0.4 is 9.84 Å². The number of halogens is 1. The Hall–Kier alpha value is -1.99. The number of hydrogen-bond donors (Lipinski definition) is 0. The van der Waals surface area contributed by atoms with E-state index in [1.807, 2.05) is 6.92 Å². The SMILES string of the molecule is CCc1nnc(S/C(=C/c2ccc(OC)c(Cl)c2)C(=O)[O-])o1. The highest BCUT2D eigenvalue weighted by Crippen LogP contribution is 2.30. The predicted octanol–water partition coefficient (Wildman–Crippen LogP) is 2.18. The average Bonchev–Trinajstić information content (AvgIpc) is 2.94. The normalized spacial score (nSPS) is 11.5. The molecular formula is C14H12ClN2O4S-. The molecule has 0 aliphatic heterocycles. The Bertz CT molecular complexity index is 715. The van der Waals surface area contributed by atoms with Gasteiger partial charge in [0.25, 0.3) is 5.22 Å². The topological polar surface area (TPSA) is 88.3 Å². The van der Waals surface area contributed by atoms with Crippen LogP contribution in [0.15, 0.2) is 32.7 Å². The monoisotopic (exact) mass is 339 g/mol. The molecule has 0 aliphatic carbocycles. The predicted molar refractivity (Wildman–Crippen MR) is 80.5 cm³/mol. The molecule has 2 rings (SSSR count). The maximum Gasteiger partial charge on any atom is 0.281 e. The number of carboxylic acid groups (broad SMARTS) is 1. The van der Waals surface area contributed by atoms with Gasteiger partial charge in [-0.05, 0) is 35.5 Å². The number of aryl methyl sites for hydroxylation is 1. The molecule has 0 radical (unpaired) electrons. The van der Waals surface area contributed by atoms with Crippen molar-refractivity contribution in [3.05, 3.63) is 39.6 Å². The molecule has 0 bridgehead atoms. The van der Waals surface area contributed by atoms with Crippen molar-refractivity contribution in [1.29, 1.82) is 0 Å². The van der Waals surface area contributed by atoms with Crippen LogP contribution in [0.2, 0.25) is 5.02 Å². The quantitative estimate of drug-likeness (QED) is 0.588. The van der Waals surface area contributed by atoms with Gasteiger partial charge in [-0.1, -0.05) is 24.6 Å². The largest absolute Gasteiger partial charge is 0.544 e. The zero-order chi connectivity index (χ0) is 16.1. The van der Waals surface area contributed by atoms with E-state index in [1.165, 1.54) is 13.2 Å². The molecular weight excluding hydrogens is 328 g/mol. The number of aromatic nitrogens is 2. The Morgan fingerprint density at radius 1 is 1.50 bits per heavy atom. The van der Waals surface area contributed by atoms with Crippen LogP contribution in [-0.4, -0.2) is 23.3 Å². The molecule has 0 aliphatic rings. The minimum Gasteiger partial charge on any atom is -0.544 e. The van der Waals surface area contributed by atoms with Gasteiger partial charge in [-0.25, -0.2) is 0 Å². The number of benzene rings is 1. The number of carbonyl (C=O) groups excluding carboxylic acids is 1. The summed E-state index contributed by atoms with van der Waals surface area (Å²) in [6, 6.07) is 4.92. The highest BCUT2D eigenvalue weighted by atomic mass is 35.5. The van der Waals surface area contributed by atoms with Crippen LogP contribution in [0.1, 0.15) is 18.4 Å². The lowest BCUT2D eigenvalue weighted by molar-refractivity contribution is -0.298. The average molecular weight is 340 g/mol. The number of carbonyl (C=O) groups is 1. The van der Waals surface area contributed by atoms with Gasteiger partial charge in [-0.15, -0.1) is 10.2 Å². The van der Waals surface area contributed by atoms with Crippen LogP contribution in [0, 0.1) is 0 Å². The minimum absolute atomic E-state index is 0.0625. The smallest absolute Gasteiger partial charge is 0.281 e. The van der Waals surface area contributed by atoms with E-state index >= 15 is 0 Å². The van der Waals surface area contributed by atoms with Gasteiger partial charge in [-0.2, -0.15) is 0 Å². The first-order chi connectivity index (χ1) is 10.5. The molecule has 22 heavy (non-hydrogen) atoms. The standard InChI is InChI=1S/C14H13ClN2O4S/c1-3-12-16-17-14(21-12)22-11(13(18)19)7-8-4-5-10(20-2)9(15)6-8/h4-7H,3H2,1-2H3,(H,18,19)/p-1/b11-7+. The molecule has 0 amide bonds. The Labute approximate surface area is 136 Å². The molecule has 0 unspecified atom stereocenters. The van der Waals surface area contributed by atoms with Gasteiger partial charge in [0.1, 0.15) is 5.75 Å². The summed E-state index contributed by atoms with van der Waals surface area (Å²) in [6.45, 7) is 1.86. The molecule has 116 valence electrons. The van der Waals surface area contributed by atoms with Crippen molar-refractivity contribution in [3.63, 3.8) is 0 Å². The van der Waals surface area contributed by atoms with Gasteiger partial charge in [0.15, 0.2) is 0 Å². The third-order valence-electron chi connectivity index (χ3n) is 2.62. The summed E-state index contributed by atoms with van der Waals surface area (Å²) in [4.78, 5) is 11.2. The van der Waals surface area contributed by atoms with Crippen molar-refractivity contribution in [1.82, 2.24) is 10.2 Å². The van der Waals surface area contributed by atoms with Crippen molar-refractivity contribution in [2.45, 2.75) is 18.6 Å². The zero-order valence-electron chi connectivity index (χ0n) is 11.8. The van der Waals surface area contributed by atoms with Crippen molar-refractivity contribution < 1.29 is 19.1 Å². The van der Waals surface area contributed by atoms with Gasteiger partial charge in [0.05, 0.1) is 18.1 Å². The van der Waals surface area contributed by atoms with Crippen molar-refractivity contribution >= 4 is 35.4 Å². The van der Waals surface area contributed by atoms with Crippen LogP contribution in [0.4, 0.5) is 0 Å². The number of nitrogens with zero attached hydrogens (tertiary/aromatic N) is 2. The first-order valence-corrected chi connectivity index (χ1v) is 7.49. The van der Waals surface area contributed by atoms with E-state index in [2.05, 4.69) is 10.2 Å². The molecule has 2 aromatic rings. The van der Waals surface area contributed by atoms with E-state index in [1.54, 1.807) is 18.2 Å². The summed E-state index contributed by atoms with van der Waals surface area (Å²) in [5, 5.41) is 19.3. The van der Waals surface area contributed by atoms with Crippen molar-refractivity contribution in [2.75, 3.05) is 7.11 Å². The number of hydrogen-bond acceptors (Lipinski definition) is 7. The molecule has 0 saturated heterocycles. The Morgan fingerprint density at radius 2 is 2.27 bits per heavy atom. The van der Waals surface area contributed by atoms with Crippen molar-refractivity contribution in [2.24, 2.45) is 0 Å². The zero-order valence-corrected chi connectivity index (χ0v) is 13.4. The van der Waals surface area contributed by atoms with E-state index in [-0.39, 0.29) is 10.1 Å². The highest BCUT2D eigenvalue weighted by Gasteiger charge is 2.10. The summed E-state index contributed by atoms with van der Waals surface area (Å²) >= 11 is 6.84. The second-order valence-corrected chi connectivity index (χ2v) is 5.51. The third kappa shape index (κ3) is 4.02. The van der Waals surface area contributed by atoms with Crippen LogP contribution >= 0.6 is 23.4 Å². The first-order valence-electron chi connectivity index (χ1n) is 6.30. The summed E-state index contributed by atoms with van der Waals surface area (Å²) < 4.78 is 10.3. The van der Waals surface area contributed by atoms with E-state index in [0.29, 0.717) is 28.6 Å². The lowest BCUT2D eigenvalue weighted by Gasteiger charge is -2.07. The second-order valence-electron chi connectivity index (χ2n) is 4.11. The summed E-state index contributed by atoms with van der Waals surface area (Å²) in [7, 11) is 1.50. The van der Waals surface area contributed by atoms with Gasteiger partial charge in [0, 0.05) is 11.3 Å². The fourth-order valence-electron chi connectivity index (χ4n) is 1.57. The van der Waals surface area contributed by atoms with E-state index in [0.717, 1.165) is 11.8 Å². The number of aliphatic carboxylic acids is 1. The fourth-order valence-corrected chi connectivity index (χ4v) is 2.52. The van der Waals surface area contributed by atoms with Gasteiger partial charge < -0.3 is 19.1 Å². The Kier molecular flexibility index (Phi) is 5.46. The lowest BCUT2D eigenvalue weighted by atomic mass is 10.2. The minimum atomic E-state index is -1.34. The van der Waals surface area contributed by atoms with Crippen LogP contribution in [-0.2, 0) is 11.2 Å². The number of carboxylic acids is 1. The molecule has 0 atom stereocenters. The van der Waals surface area contributed by atoms with Gasteiger partial charge >= 0.3 is 0 Å². The number of ether oxygens (including phenoxy) is 1. The maximum atomic E-state index is 11.2. The molecule has 0 fully saturated rings. The summed E-state index contributed by atoms with van der Waals surface area (Å²) in [6.07, 6.45) is 1.99. The fraction of sp³-hybridized carbons (Fsp3) is 0.214. The van der Waals surface area contributed by atoms with E-state index < -0.39 is 5.97 Å². The highest BCUT2D eigenvalue weighted by molar-refractivity contribution is 8.03. The van der Waals surface area contributed by atoms with Crippen LogP contribution in [0.25, 0.3) is 6.08 Å². The molecule has 1 heterocycles. The number of rotatable bonds is 6. The third-order valence-corrected chi connectivity index (χ3v) is 3.76. The Balaban J connectivity index is 2.26. The molecule has 1 aromatic carbocycles. The molecule has 0 saturated carbocycles. The lowest BCUT2D eigenvalue weighted by Crippen LogP contribution is -2.23. The number of thioether (sulfide) groups is 1. The summed E-state index contributed by atoms with van der Waals surface area (Å²) in [5.74, 6) is -0.396. The van der Waals surface area contributed by atoms with Crippen LogP contribution in [0.5, 0.6) is 5.75 Å². The van der Waals surface area contributed by atoms with E-state index in [4.69, 9.17) is 20.8 Å². The molecule has 1 aromatic heterocycles. The second kappa shape index (κ2) is 7.33. The van der Waals surface area contributed by atoms with E-state index in [9.17, 15) is 9.90 Å². The van der Waals surface area contributed by atoms with Crippen LogP contribution in [0.3, 0.4) is 0 Å². The maximum absolute atomic E-state index is 11.2. The van der Waals surface area contributed by atoms with Gasteiger partial charge in [0.2, 0.25) is 5.89 Å². The Morgan fingerprint density at radius 3 is 2.82 bits per heavy atom. The molecule has 8 heteroatoms. The molecule has 0 spiro atoms.